The smallest absolute Gasteiger partial charge is 0.264 e. The summed E-state index contributed by atoms with van der Waals surface area (Å²) >= 11 is 30.3. The van der Waals surface area contributed by atoms with E-state index in [4.69, 9.17) is 58.6 Å². The molecule has 1 fully saturated rings. The Hall–Kier alpha value is -2.26. The van der Waals surface area contributed by atoms with Crippen LogP contribution >= 0.6 is 58.6 Å². The summed E-state index contributed by atoms with van der Waals surface area (Å²) in [6.07, 6.45) is -1.44. The zero-order valence-corrected chi connectivity index (χ0v) is 20.4. The number of aliphatic hydroxyl groups is 1. The first-order valence-electron chi connectivity index (χ1n) is 9.50. The van der Waals surface area contributed by atoms with Crippen LogP contribution in [0.15, 0.2) is 77.0 Å². The average Bonchev–Trinajstić information content (AvgIpc) is 2.79. The van der Waals surface area contributed by atoms with Gasteiger partial charge >= 0.3 is 0 Å². The van der Waals surface area contributed by atoms with Crippen LogP contribution in [0.3, 0.4) is 0 Å². The minimum Gasteiger partial charge on any atom is -0.370 e. The zero-order valence-electron chi connectivity index (χ0n) is 16.6. The van der Waals surface area contributed by atoms with Crippen LogP contribution in [0.4, 0.5) is 17.1 Å². The van der Waals surface area contributed by atoms with Crippen LogP contribution in [-0.4, -0.2) is 28.4 Å². The Kier molecular flexibility index (Phi) is 7.19. The van der Waals surface area contributed by atoms with E-state index in [0.29, 0.717) is 10.7 Å². The van der Waals surface area contributed by atoms with Crippen molar-refractivity contribution in [1.82, 2.24) is 0 Å². The maximum Gasteiger partial charge on any atom is 0.264 e. The molecule has 0 aromatic heterocycles. The summed E-state index contributed by atoms with van der Waals surface area (Å²) < 4.78 is 0. The molecular formula is C22H14Cl4N4O2S. The van der Waals surface area contributed by atoms with Gasteiger partial charge in [0.05, 0.1) is 20.8 Å². The number of aliphatic hydroxyl groups excluding tert-OH is 1. The van der Waals surface area contributed by atoms with Crippen LogP contribution in [0, 0.1) is 0 Å². The Morgan fingerprint density at radius 1 is 0.909 bits per heavy atom. The highest BCUT2D eigenvalue weighted by Gasteiger charge is 2.46. The average molecular weight is 540 g/mol. The van der Waals surface area contributed by atoms with Gasteiger partial charge in [0.2, 0.25) is 0 Å². The van der Waals surface area contributed by atoms with Gasteiger partial charge < -0.3 is 5.11 Å². The number of thiocarbonyl (C=S) groups is 1. The second-order valence-corrected chi connectivity index (χ2v) is 8.90. The SMILES string of the molecule is O=C1C(N=Nc2cc(Cl)ccc2Cl)C(O)N(c2ccccc2)C(=S)N1c1cccc(Cl)c1Cl. The Balaban J connectivity index is 1.82. The quantitative estimate of drug-likeness (QED) is 0.289. The Bertz CT molecular complexity index is 1260. The molecule has 4 rings (SSSR count). The van der Waals surface area contributed by atoms with Crippen molar-refractivity contribution in [2.75, 3.05) is 9.80 Å². The molecule has 6 nitrogen and oxygen atoms in total. The van der Waals surface area contributed by atoms with E-state index in [9.17, 15) is 9.90 Å². The number of benzene rings is 3. The van der Waals surface area contributed by atoms with E-state index >= 15 is 0 Å². The monoisotopic (exact) mass is 538 g/mol. The number of halogens is 4. The lowest BCUT2D eigenvalue weighted by Gasteiger charge is -2.42. The van der Waals surface area contributed by atoms with E-state index in [0.717, 1.165) is 0 Å². The van der Waals surface area contributed by atoms with Gasteiger partial charge in [0.15, 0.2) is 17.4 Å². The summed E-state index contributed by atoms with van der Waals surface area (Å²) in [4.78, 5) is 16.1. The standard InChI is InChI=1S/C22H14Cl4N4O2S/c23-12-9-10-14(24)16(11-12)27-28-19-20(31)29(13-5-2-1-3-6-13)22(33)30(21(19)32)17-8-4-7-15(25)18(17)26/h1-11,19-20,31H. The fraction of sp³-hybridized carbons (Fsp3) is 0.0909. The molecule has 168 valence electrons. The van der Waals surface area contributed by atoms with Crippen molar-refractivity contribution in [3.63, 3.8) is 0 Å². The van der Waals surface area contributed by atoms with Crippen LogP contribution in [0.25, 0.3) is 0 Å². The molecule has 0 aliphatic carbocycles. The molecule has 0 saturated carbocycles. The number of amides is 1. The van der Waals surface area contributed by atoms with Gasteiger partial charge in [0, 0.05) is 10.7 Å². The van der Waals surface area contributed by atoms with Gasteiger partial charge in [-0.15, -0.1) is 0 Å². The lowest BCUT2D eigenvalue weighted by Crippen LogP contribution is -2.64. The van der Waals surface area contributed by atoms with Crippen molar-refractivity contribution in [3.8, 4) is 0 Å². The van der Waals surface area contributed by atoms with Gasteiger partial charge in [-0.1, -0.05) is 70.7 Å². The van der Waals surface area contributed by atoms with Crippen LogP contribution < -0.4 is 9.80 Å². The maximum atomic E-state index is 13.5. The number of hydrogen-bond acceptors (Lipinski definition) is 5. The first kappa shape index (κ1) is 23.9. The number of hydrogen-bond donors (Lipinski definition) is 1. The lowest BCUT2D eigenvalue weighted by molar-refractivity contribution is -0.121. The molecule has 1 N–H and O–H groups in total. The molecule has 0 radical (unpaired) electrons. The molecule has 1 heterocycles. The van der Waals surface area contributed by atoms with E-state index in [2.05, 4.69) is 10.2 Å². The molecule has 11 heteroatoms. The van der Waals surface area contributed by atoms with Crippen molar-refractivity contribution >= 4 is 86.7 Å². The van der Waals surface area contributed by atoms with Gasteiger partial charge in [-0.3, -0.25) is 14.6 Å². The third-order valence-corrected chi connectivity index (χ3v) is 6.57. The normalized spacial score (nSPS) is 18.9. The number of anilines is 2. The van der Waals surface area contributed by atoms with Crippen molar-refractivity contribution in [2.24, 2.45) is 10.2 Å². The molecule has 1 aliphatic heterocycles. The summed E-state index contributed by atoms with van der Waals surface area (Å²) in [5.74, 6) is -0.634. The van der Waals surface area contributed by atoms with Crippen LogP contribution in [0.2, 0.25) is 20.1 Å². The zero-order chi connectivity index (χ0) is 23.7. The molecule has 1 aliphatic rings. The number of carbonyl (C=O) groups excluding carboxylic acids is 1. The number of carbonyl (C=O) groups is 1. The second-order valence-electron chi connectivity index (χ2n) is 6.90. The molecular weight excluding hydrogens is 526 g/mol. The van der Waals surface area contributed by atoms with Gasteiger partial charge in [-0.25, -0.2) is 0 Å². The Morgan fingerprint density at radius 2 is 1.64 bits per heavy atom. The summed E-state index contributed by atoms with van der Waals surface area (Å²) in [6.45, 7) is 0. The Morgan fingerprint density at radius 3 is 2.36 bits per heavy atom. The molecule has 1 amide bonds. The third-order valence-electron chi connectivity index (χ3n) is 4.82. The van der Waals surface area contributed by atoms with Crippen LogP contribution in [0.5, 0.6) is 0 Å². The number of nitrogens with zero attached hydrogens (tertiary/aromatic N) is 4. The summed E-state index contributed by atoms with van der Waals surface area (Å²) in [5.41, 5.74) is 1.05. The van der Waals surface area contributed by atoms with Crippen molar-refractivity contribution < 1.29 is 9.90 Å². The van der Waals surface area contributed by atoms with Gasteiger partial charge in [-0.2, -0.15) is 10.2 Å². The largest absolute Gasteiger partial charge is 0.370 e. The minimum absolute atomic E-state index is 0.00936. The molecule has 2 atom stereocenters. The van der Waals surface area contributed by atoms with E-state index < -0.39 is 18.2 Å². The number of para-hydroxylation sites is 1. The minimum atomic E-state index is -1.44. The maximum absolute atomic E-state index is 13.5. The summed E-state index contributed by atoms with van der Waals surface area (Å²) in [7, 11) is 0. The summed E-state index contributed by atoms with van der Waals surface area (Å²) in [6, 6.07) is 17.0. The predicted octanol–water partition coefficient (Wildman–Crippen LogP) is 6.91. The highest BCUT2D eigenvalue weighted by atomic mass is 35.5. The van der Waals surface area contributed by atoms with Gasteiger partial charge in [0.25, 0.3) is 5.91 Å². The fourth-order valence-corrected chi connectivity index (χ4v) is 4.35. The molecule has 1 saturated heterocycles. The topological polar surface area (TPSA) is 68.5 Å². The number of rotatable bonds is 4. The van der Waals surface area contributed by atoms with E-state index in [1.807, 2.05) is 6.07 Å². The van der Waals surface area contributed by atoms with Gasteiger partial charge in [-0.05, 0) is 54.7 Å². The Labute approximate surface area is 214 Å². The first-order chi connectivity index (χ1) is 15.8. The first-order valence-corrected chi connectivity index (χ1v) is 11.4. The highest BCUT2D eigenvalue weighted by Crippen LogP contribution is 2.37. The fourth-order valence-electron chi connectivity index (χ4n) is 3.25. The van der Waals surface area contributed by atoms with Crippen LogP contribution in [-0.2, 0) is 4.79 Å². The second kappa shape index (κ2) is 9.93. The lowest BCUT2D eigenvalue weighted by atomic mass is 10.1. The van der Waals surface area contributed by atoms with Crippen LogP contribution in [0.1, 0.15) is 0 Å². The molecule has 3 aromatic carbocycles. The van der Waals surface area contributed by atoms with Crippen molar-refractivity contribution in [2.45, 2.75) is 12.3 Å². The van der Waals surface area contributed by atoms with Crippen molar-refractivity contribution in [3.05, 3.63) is 86.8 Å². The van der Waals surface area contributed by atoms with E-state index in [1.165, 1.54) is 15.9 Å². The summed E-state index contributed by atoms with van der Waals surface area (Å²) in [5, 5.41) is 20.4. The molecule has 2 unspecified atom stereocenters. The number of azo groups is 1. The van der Waals surface area contributed by atoms with E-state index in [-0.39, 0.29) is 31.6 Å². The third kappa shape index (κ3) is 4.71. The molecule has 0 bridgehead atoms. The molecule has 33 heavy (non-hydrogen) atoms. The predicted molar refractivity (Wildman–Crippen MR) is 136 cm³/mol. The molecule has 0 spiro atoms. The van der Waals surface area contributed by atoms with E-state index in [1.54, 1.807) is 54.6 Å². The van der Waals surface area contributed by atoms with Crippen molar-refractivity contribution in [1.29, 1.82) is 0 Å². The van der Waals surface area contributed by atoms with Gasteiger partial charge in [0.1, 0.15) is 5.69 Å². The highest BCUT2D eigenvalue weighted by molar-refractivity contribution is 7.81. The molecule has 3 aromatic rings.